The number of allylic oxidation sites excluding steroid dienone is 1. The average molecular weight is 337 g/mol. The Labute approximate surface area is 143 Å². The molecular weight excluding hydrogens is 310 g/mol. The van der Waals surface area contributed by atoms with Crippen LogP contribution in [-0.4, -0.2) is 29.9 Å². The van der Waals surface area contributed by atoms with Gasteiger partial charge in [0.1, 0.15) is 15.6 Å². The molecule has 0 radical (unpaired) electrons. The van der Waals surface area contributed by atoms with Crippen molar-refractivity contribution >= 4 is 34.2 Å². The lowest BCUT2D eigenvalue weighted by Crippen LogP contribution is -2.34. The topological polar surface area (TPSA) is 54.8 Å². The first-order valence-corrected chi connectivity index (χ1v) is 8.62. The van der Waals surface area contributed by atoms with Gasteiger partial charge < -0.3 is 4.74 Å². The Morgan fingerprint density at radius 2 is 2.09 bits per heavy atom. The van der Waals surface area contributed by atoms with Crippen LogP contribution in [0, 0.1) is 0 Å². The van der Waals surface area contributed by atoms with Gasteiger partial charge in [0.25, 0.3) is 0 Å². The van der Waals surface area contributed by atoms with Gasteiger partial charge in [0.2, 0.25) is 0 Å². The van der Waals surface area contributed by atoms with Crippen molar-refractivity contribution in [1.82, 2.24) is 4.98 Å². The maximum atomic E-state index is 12.3. The second-order valence-corrected chi connectivity index (χ2v) is 7.26. The van der Waals surface area contributed by atoms with Crippen LogP contribution in [0.4, 0.5) is 9.80 Å². The summed E-state index contributed by atoms with van der Waals surface area (Å²) in [5.41, 5.74) is 1.39. The highest BCUT2D eigenvalue weighted by Gasteiger charge is 2.24. The summed E-state index contributed by atoms with van der Waals surface area (Å²) in [6.07, 6.45) is 4.94. The van der Waals surface area contributed by atoms with E-state index in [9.17, 15) is 4.79 Å². The zero-order valence-corrected chi connectivity index (χ0v) is 16.0. The number of aromatic nitrogens is 1. The van der Waals surface area contributed by atoms with Crippen LogP contribution in [0.3, 0.4) is 0 Å². The first-order chi connectivity index (χ1) is 10.7. The van der Waals surface area contributed by atoms with Crippen molar-refractivity contribution in [3.8, 4) is 0 Å². The molecule has 0 atom stereocenters. The van der Waals surface area contributed by atoms with E-state index in [2.05, 4.69) is 16.9 Å². The number of thiazole rings is 1. The predicted octanol–water partition coefficient (Wildman–Crippen LogP) is 4.92. The van der Waals surface area contributed by atoms with E-state index >= 15 is 0 Å². The minimum Gasteiger partial charge on any atom is -0.443 e. The van der Waals surface area contributed by atoms with E-state index in [1.807, 2.05) is 34.6 Å². The molecule has 0 saturated carbocycles. The van der Waals surface area contributed by atoms with E-state index in [1.165, 1.54) is 11.3 Å². The molecule has 0 fully saturated rings. The summed E-state index contributed by atoms with van der Waals surface area (Å²) in [5.74, 6) is 0. The fourth-order valence-electron chi connectivity index (χ4n) is 1.83. The summed E-state index contributed by atoms with van der Waals surface area (Å²) in [7, 11) is 1.73. The van der Waals surface area contributed by atoms with Crippen LogP contribution in [0.2, 0.25) is 0 Å². The van der Waals surface area contributed by atoms with E-state index in [0.717, 1.165) is 34.1 Å². The van der Waals surface area contributed by atoms with Crippen LogP contribution in [0.15, 0.2) is 11.2 Å². The number of rotatable bonds is 5. The first kappa shape index (κ1) is 19.4. The van der Waals surface area contributed by atoms with Gasteiger partial charge in [0.05, 0.1) is 5.69 Å². The molecule has 0 bridgehead atoms. The van der Waals surface area contributed by atoms with Gasteiger partial charge in [0.15, 0.2) is 0 Å². The molecule has 0 aliphatic carbocycles. The molecule has 23 heavy (non-hydrogen) atoms. The van der Waals surface area contributed by atoms with Gasteiger partial charge in [-0.3, -0.25) is 9.89 Å². The molecule has 1 aromatic heterocycles. The van der Waals surface area contributed by atoms with Crippen LogP contribution in [0.1, 0.15) is 58.7 Å². The number of carbonyl (C=O) groups is 1. The first-order valence-electron chi connectivity index (χ1n) is 7.81. The minimum absolute atomic E-state index is 0.363. The lowest BCUT2D eigenvalue weighted by Gasteiger charge is -2.24. The third-order valence-electron chi connectivity index (χ3n) is 2.89. The number of hydrogen-bond donors (Lipinski definition) is 0. The second kappa shape index (κ2) is 8.24. The Morgan fingerprint density at radius 1 is 1.43 bits per heavy atom. The van der Waals surface area contributed by atoms with Gasteiger partial charge >= 0.3 is 6.09 Å². The van der Waals surface area contributed by atoms with E-state index in [0.29, 0.717) is 0 Å². The van der Waals surface area contributed by atoms with Crippen LogP contribution < -0.4 is 4.90 Å². The number of aryl methyl sites for hydroxylation is 1. The molecule has 1 amide bonds. The van der Waals surface area contributed by atoms with E-state index in [1.54, 1.807) is 24.4 Å². The molecule has 1 aromatic rings. The number of aliphatic imine (C=N–C) groups is 1. The molecule has 0 spiro atoms. The predicted molar refractivity (Wildman–Crippen MR) is 98.6 cm³/mol. The third-order valence-corrected chi connectivity index (χ3v) is 4.20. The highest BCUT2D eigenvalue weighted by molar-refractivity contribution is 7.17. The molecular formula is C17H27N3O2S. The molecule has 1 heterocycles. The summed E-state index contributed by atoms with van der Waals surface area (Å²) in [6, 6.07) is 0. The minimum atomic E-state index is -0.518. The van der Waals surface area contributed by atoms with Gasteiger partial charge in [-0.2, -0.15) is 0 Å². The van der Waals surface area contributed by atoms with Crippen LogP contribution in [0.25, 0.3) is 5.57 Å². The summed E-state index contributed by atoms with van der Waals surface area (Å²) in [6.45, 7) is 11.5. The number of hydrogen-bond acceptors (Lipinski definition) is 5. The normalized spacial score (nSPS) is 12.7. The van der Waals surface area contributed by atoms with Crippen LogP contribution in [-0.2, 0) is 11.2 Å². The molecule has 0 saturated heterocycles. The lowest BCUT2D eigenvalue weighted by atomic mass is 10.2. The molecule has 1 rings (SSSR count). The standard InChI is InChI=1S/C17H27N3O2S/c1-8-10-13-15(20(7)16(21)22-17(4,5)6)23-14(19-13)12(3)11-18-9-2/h9,11H,8,10H2,1-7H3/b12-11+,18-9-. The summed E-state index contributed by atoms with van der Waals surface area (Å²) < 4.78 is 5.45. The zero-order chi connectivity index (χ0) is 17.6. The van der Waals surface area contributed by atoms with Gasteiger partial charge in [-0.1, -0.05) is 24.7 Å². The second-order valence-electron chi connectivity index (χ2n) is 6.28. The number of anilines is 1. The maximum absolute atomic E-state index is 12.3. The van der Waals surface area contributed by atoms with Crippen molar-refractivity contribution in [1.29, 1.82) is 0 Å². The molecule has 0 aliphatic rings. The van der Waals surface area contributed by atoms with Crippen LogP contribution in [0.5, 0.6) is 0 Å². The molecule has 0 unspecified atom stereocenters. The third kappa shape index (κ3) is 5.78. The highest BCUT2D eigenvalue weighted by atomic mass is 32.1. The van der Waals surface area contributed by atoms with E-state index in [4.69, 9.17) is 4.74 Å². The quantitative estimate of drug-likeness (QED) is 0.717. The fraction of sp³-hybridized carbons (Fsp3) is 0.588. The van der Waals surface area contributed by atoms with Crippen LogP contribution >= 0.6 is 11.3 Å². The number of amides is 1. The molecule has 0 aromatic carbocycles. The van der Waals surface area contributed by atoms with E-state index < -0.39 is 5.60 Å². The number of nitrogens with zero attached hydrogens (tertiary/aromatic N) is 3. The van der Waals surface area contributed by atoms with Gasteiger partial charge in [-0.05, 0) is 41.0 Å². The fourth-order valence-corrected chi connectivity index (χ4v) is 2.86. The van der Waals surface area contributed by atoms with Gasteiger partial charge in [-0.15, -0.1) is 0 Å². The van der Waals surface area contributed by atoms with Crippen molar-refractivity contribution in [2.45, 2.75) is 60.0 Å². The summed E-state index contributed by atoms with van der Waals surface area (Å²) >= 11 is 1.49. The highest BCUT2D eigenvalue weighted by Crippen LogP contribution is 2.33. The largest absolute Gasteiger partial charge is 0.443 e. The maximum Gasteiger partial charge on any atom is 0.415 e. The molecule has 128 valence electrons. The Balaban J connectivity index is 3.13. The molecule has 0 N–H and O–H groups in total. The molecule has 0 aliphatic heterocycles. The average Bonchev–Trinajstić information content (AvgIpc) is 2.86. The molecule has 6 heteroatoms. The Bertz CT molecular complexity index is 597. The SMILES string of the molecule is C/C=N\C=C(/C)c1nc(CCC)c(N(C)C(=O)OC(C)(C)C)s1. The molecule has 5 nitrogen and oxygen atoms in total. The summed E-state index contributed by atoms with van der Waals surface area (Å²) in [5, 5.41) is 1.72. The van der Waals surface area contributed by atoms with Crippen molar-refractivity contribution < 1.29 is 9.53 Å². The van der Waals surface area contributed by atoms with Gasteiger partial charge in [0, 0.05) is 25.0 Å². The van der Waals surface area contributed by atoms with Crippen molar-refractivity contribution in [2.75, 3.05) is 11.9 Å². The zero-order valence-electron chi connectivity index (χ0n) is 15.1. The Kier molecular flexibility index (Phi) is 6.94. The van der Waals surface area contributed by atoms with E-state index in [-0.39, 0.29) is 6.09 Å². The summed E-state index contributed by atoms with van der Waals surface area (Å²) in [4.78, 5) is 22.7. The number of carbonyl (C=O) groups excluding carboxylic acids is 1. The number of ether oxygens (including phenoxy) is 1. The smallest absolute Gasteiger partial charge is 0.415 e. The van der Waals surface area contributed by atoms with Crippen molar-refractivity contribution in [2.24, 2.45) is 4.99 Å². The Morgan fingerprint density at radius 3 is 2.61 bits per heavy atom. The van der Waals surface area contributed by atoms with Gasteiger partial charge in [-0.25, -0.2) is 9.78 Å². The monoisotopic (exact) mass is 337 g/mol. The lowest BCUT2D eigenvalue weighted by molar-refractivity contribution is 0.0590. The van der Waals surface area contributed by atoms with Crippen molar-refractivity contribution in [3.05, 3.63) is 16.9 Å². The Hall–Kier alpha value is -1.69. The van der Waals surface area contributed by atoms with Crippen molar-refractivity contribution in [3.63, 3.8) is 0 Å².